The highest BCUT2D eigenvalue weighted by molar-refractivity contribution is 5.96. The summed E-state index contributed by atoms with van der Waals surface area (Å²) in [5.41, 5.74) is 4.40. The predicted molar refractivity (Wildman–Crippen MR) is 90.4 cm³/mol. The van der Waals surface area contributed by atoms with Gasteiger partial charge in [-0.3, -0.25) is 9.59 Å². The Morgan fingerprint density at radius 1 is 1.21 bits per heavy atom. The molecule has 0 saturated carbocycles. The number of carboxylic acid groups (broad SMARTS) is 1. The number of carbonyl (C=O) groups excluding carboxylic acids is 1. The van der Waals surface area contributed by atoms with Crippen LogP contribution in [0.25, 0.3) is 0 Å². The number of carboxylic acids is 1. The van der Waals surface area contributed by atoms with Gasteiger partial charge < -0.3 is 15.2 Å². The Labute approximate surface area is 140 Å². The van der Waals surface area contributed by atoms with Crippen LogP contribution in [0, 0.1) is 13.8 Å². The van der Waals surface area contributed by atoms with Crippen LogP contribution in [0.2, 0.25) is 0 Å². The number of amides is 1. The number of aryl methyl sites for hydroxylation is 2. The molecule has 1 unspecified atom stereocenters. The zero-order valence-corrected chi connectivity index (χ0v) is 13.6. The fraction of sp³-hybridized carbons (Fsp3) is 0.263. The fourth-order valence-corrected chi connectivity index (χ4v) is 2.83. The lowest BCUT2D eigenvalue weighted by molar-refractivity contribution is -0.136. The molecule has 1 aliphatic heterocycles. The van der Waals surface area contributed by atoms with Crippen LogP contribution < -0.4 is 10.1 Å². The van der Waals surface area contributed by atoms with E-state index in [0.717, 1.165) is 16.9 Å². The number of fused-ring (bicyclic) bond motifs is 1. The summed E-state index contributed by atoms with van der Waals surface area (Å²) in [6.45, 7) is 4.04. The van der Waals surface area contributed by atoms with Crippen LogP contribution >= 0.6 is 0 Å². The average molecular weight is 325 g/mol. The number of carbonyl (C=O) groups is 2. The summed E-state index contributed by atoms with van der Waals surface area (Å²) < 4.78 is 5.77. The Hall–Kier alpha value is -2.82. The van der Waals surface area contributed by atoms with Crippen molar-refractivity contribution in [3.8, 4) is 5.75 Å². The van der Waals surface area contributed by atoms with Crippen molar-refractivity contribution in [2.75, 3.05) is 5.32 Å². The first-order valence-corrected chi connectivity index (χ1v) is 7.81. The van der Waals surface area contributed by atoms with Gasteiger partial charge in [0, 0.05) is 12.1 Å². The van der Waals surface area contributed by atoms with Crippen molar-refractivity contribution in [1.82, 2.24) is 0 Å². The molecule has 5 heteroatoms. The molecule has 24 heavy (non-hydrogen) atoms. The first-order chi connectivity index (χ1) is 11.4. The molecule has 2 aromatic carbocycles. The molecule has 5 nitrogen and oxygen atoms in total. The van der Waals surface area contributed by atoms with Gasteiger partial charge in [0.2, 0.25) is 0 Å². The molecular weight excluding hydrogens is 306 g/mol. The highest BCUT2D eigenvalue weighted by Crippen LogP contribution is 2.32. The van der Waals surface area contributed by atoms with E-state index in [1.807, 2.05) is 19.9 Å². The van der Waals surface area contributed by atoms with Crippen LogP contribution in [0.4, 0.5) is 5.69 Å². The van der Waals surface area contributed by atoms with Crippen LogP contribution in [0.15, 0.2) is 36.4 Å². The molecule has 0 aliphatic carbocycles. The second kappa shape index (κ2) is 6.35. The molecule has 1 amide bonds. The lowest BCUT2D eigenvalue weighted by Crippen LogP contribution is -2.31. The van der Waals surface area contributed by atoms with E-state index in [1.165, 1.54) is 5.56 Å². The summed E-state index contributed by atoms with van der Waals surface area (Å²) in [5, 5.41) is 11.8. The number of para-hydroxylation sites is 1. The van der Waals surface area contributed by atoms with Gasteiger partial charge in [-0.15, -0.1) is 0 Å². The van der Waals surface area contributed by atoms with Crippen molar-refractivity contribution in [3.05, 3.63) is 58.7 Å². The van der Waals surface area contributed by atoms with Crippen molar-refractivity contribution < 1.29 is 19.4 Å². The van der Waals surface area contributed by atoms with E-state index in [4.69, 9.17) is 9.84 Å². The molecule has 1 atom stereocenters. The molecular formula is C19H19NO4. The highest BCUT2D eigenvalue weighted by atomic mass is 16.5. The summed E-state index contributed by atoms with van der Waals surface area (Å²) in [4.78, 5) is 23.4. The Morgan fingerprint density at radius 3 is 2.67 bits per heavy atom. The van der Waals surface area contributed by atoms with Gasteiger partial charge in [-0.25, -0.2) is 0 Å². The van der Waals surface area contributed by atoms with Gasteiger partial charge in [0.25, 0.3) is 5.91 Å². The Bertz CT molecular complexity index is 782. The van der Waals surface area contributed by atoms with E-state index in [1.54, 1.807) is 24.3 Å². The first-order valence-electron chi connectivity index (χ1n) is 7.81. The molecule has 1 aliphatic rings. The van der Waals surface area contributed by atoms with Gasteiger partial charge in [-0.05, 0) is 48.2 Å². The van der Waals surface area contributed by atoms with Gasteiger partial charge in [0.15, 0.2) is 6.10 Å². The smallest absolute Gasteiger partial charge is 0.307 e. The standard InChI is InChI=1S/C19H19NO4/c1-11-7-14-9-17(24-16(14)8-12(11)2)19(23)20-15-6-4-3-5-13(15)10-18(21)22/h3-8,17H,9-10H2,1-2H3,(H,20,23)(H,21,22). The van der Waals surface area contributed by atoms with E-state index in [0.29, 0.717) is 17.7 Å². The number of ether oxygens (including phenoxy) is 1. The normalized spacial score (nSPS) is 15.5. The van der Waals surface area contributed by atoms with E-state index < -0.39 is 12.1 Å². The molecule has 0 saturated heterocycles. The lowest BCUT2D eigenvalue weighted by Gasteiger charge is -2.13. The van der Waals surface area contributed by atoms with Crippen molar-refractivity contribution in [3.63, 3.8) is 0 Å². The number of hydrogen-bond acceptors (Lipinski definition) is 3. The quantitative estimate of drug-likeness (QED) is 0.906. The topological polar surface area (TPSA) is 75.6 Å². The zero-order chi connectivity index (χ0) is 17.3. The lowest BCUT2D eigenvalue weighted by atomic mass is 10.0. The number of rotatable bonds is 4. The maximum atomic E-state index is 12.5. The van der Waals surface area contributed by atoms with Gasteiger partial charge in [0.05, 0.1) is 6.42 Å². The van der Waals surface area contributed by atoms with Crippen molar-refractivity contribution >= 4 is 17.6 Å². The summed E-state index contributed by atoms with van der Waals surface area (Å²) >= 11 is 0. The fourth-order valence-electron chi connectivity index (χ4n) is 2.83. The average Bonchev–Trinajstić information content (AvgIpc) is 2.92. The SMILES string of the molecule is Cc1cc2c(cc1C)OC(C(=O)Nc1ccccc1CC(=O)O)C2. The van der Waals surface area contributed by atoms with Crippen LogP contribution in [0.3, 0.4) is 0 Å². The second-order valence-electron chi connectivity index (χ2n) is 6.07. The van der Waals surface area contributed by atoms with Crippen molar-refractivity contribution in [1.29, 1.82) is 0 Å². The number of nitrogens with one attached hydrogen (secondary N) is 1. The maximum absolute atomic E-state index is 12.5. The number of aliphatic carboxylic acids is 1. The molecule has 0 aromatic heterocycles. The number of anilines is 1. The summed E-state index contributed by atoms with van der Waals surface area (Å²) in [6.07, 6.45) is -0.219. The van der Waals surface area contributed by atoms with Crippen LogP contribution in [0.1, 0.15) is 22.3 Å². The third kappa shape index (κ3) is 3.25. The number of hydrogen-bond donors (Lipinski definition) is 2. The van der Waals surface area contributed by atoms with Crippen LogP contribution in [-0.2, 0) is 22.4 Å². The summed E-state index contributed by atoms with van der Waals surface area (Å²) in [5.74, 6) is -0.455. The Morgan fingerprint density at radius 2 is 1.92 bits per heavy atom. The zero-order valence-electron chi connectivity index (χ0n) is 13.6. The number of benzene rings is 2. The molecule has 2 N–H and O–H groups in total. The van der Waals surface area contributed by atoms with Crippen LogP contribution in [-0.4, -0.2) is 23.1 Å². The largest absolute Gasteiger partial charge is 0.481 e. The van der Waals surface area contributed by atoms with Crippen LogP contribution in [0.5, 0.6) is 5.75 Å². The highest BCUT2D eigenvalue weighted by Gasteiger charge is 2.30. The Balaban J connectivity index is 1.74. The molecule has 2 aromatic rings. The van der Waals surface area contributed by atoms with E-state index >= 15 is 0 Å². The summed E-state index contributed by atoms with van der Waals surface area (Å²) in [6, 6.07) is 10.9. The van der Waals surface area contributed by atoms with Gasteiger partial charge >= 0.3 is 5.97 Å². The minimum absolute atomic E-state index is 0.138. The molecule has 1 heterocycles. The third-order valence-electron chi connectivity index (χ3n) is 4.26. The van der Waals surface area contributed by atoms with Crippen molar-refractivity contribution in [2.45, 2.75) is 32.8 Å². The minimum atomic E-state index is -0.938. The van der Waals surface area contributed by atoms with E-state index in [-0.39, 0.29) is 12.3 Å². The molecule has 0 radical (unpaired) electrons. The molecule has 3 rings (SSSR count). The minimum Gasteiger partial charge on any atom is -0.481 e. The molecule has 124 valence electrons. The first kappa shape index (κ1) is 16.1. The van der Waals surface area contributed by atoms with Crippen molar-refractivity contribution in [2.24, 2.45) is 0 Å². The maximum Gasteiger partial charge on any atom is 0.307 e. The third-order valence-corrected chi connectivity index (χ3v) is 4.26. The molecule has 0 bridgehead atoms. The molecule has 0 spiro atoms. The van der Waals surface area contributed by atoms with Gasteiger partial charge in [-0.1, -0.05) is 24.3 Å². The van der Waals surface area contributed by atoms with E-state index in [9.17, 15) is 9.59 Å². The van der Waals surface area contributed by atoms with E-state index in [2.05, 4.69) is 11.4 Å². The second-order valence-corrected chi connectivity index (χ2v) is 6.07. The summed E-state index contributed by atoms with van der Waals surface area (Å²) in [7, 11) is 0. The predicted octanol–water partition coefficient (Wildman–Crippen LogP) is 2.87. The van der Waals surface area contributed by atoms with Gasteiger partial charge in [-0.2, -0.15) is 0 Å². The van der Waals surface area contributed by atoms with Gasteiger partial charge in [0.1, 0.15) is 5.75 Å². The molecule has 0 fully saturated rings. The monoisotopic (exact) mass is 325 g/mol. The Kier molecular flexibility index (Phi) is 4.25.